The van der Waals surface area contributed by atoms with Crippen molar-refractivity contribution in [3.05, 3.63) is 34.6 Å². The molecule has 0 aromatic heterocycles. The topological polar surface area (TPSA) is 15.3 Å². The number of hydrogen-bond donors (Lipinski definition) is 1. The van der Waals surface area contributed by atoms with Crippen LogP contribution in [0.1, 0.15) is 25.3 Å². The summed E-state index contributed by atoms with van der Waals surface area (Å²) in [6, 6.07) is 5.48. The molecule has 1 N–H and O–H groups in total. The maximum Gasteiger partial charge on any atom is 0.129 e. The summed E-state index contributed by atoms with van der Waals surface area (Å²) in [5.41, 5.74) is 0.736. The van der Waals surface area contributed by atoms with E-state index >= 15 is 0 Å². The number of halogens is 3. The first-order valence-electron chi connectivity index (χ1n) is 6.59. The van der Waals surface area contributed by atoms with Crippen LogP contribution >= 0.6 is 24.0 Å². The average Bonchev–Trinajstić information content (AvgIpc) is 2.85. The fourth-order valence-electron chi connectivity index (χ4n) is 2.50. The molecule has 108 valence electrons. The van der Waals surface area contributed by atoms with Crippen LogP contribution in [0.2, 0.25) is 5.02 Å². The van der Waals surface area contributed by atoms with Gasteiger partial charge in [0.2, 0.25) is 0 Å². The van der Waals surface area contributed by atoms with E-state index in [2.05, 4.69) is 17.1 Å². The van der Waals surface area contributed by atoms with Crippen LogP contribution in [0, 0.1) is 5.82 Å². The molecule has 1 atom stereocenters. The molecule has 0 spiro atoms. The van der Waals surface area contributed by atoms with Crippen molar-refractivity contribution in [1.82, 2.24) is 10.2 Å². The van der Waals surface area contributed by atoms with Crippen LogP contribution in [0.25, 0.3) is 0 Å². The zero-order chi connectivity index (χ0) is 13.0. The van der Waals surface area contributed by atoms with E-state index in [1.54, 1.807) is 12.1 Å². The first-order chi connectivity index (χ1) is 8.70. The van der Waals surface area contributed by atoms with Crippen LogP contribution < -0.4 is 5.32 Å². The highest BCUT2D eigenvalue weighted by molar-refractivity contribution is 6.30. The van der Waals surface area contributed by atoms with Gasteiger partial charge in [-0.3, -0.25) is 4.90 Å². The van der Waals surface area contributed by atoms with Gasteiger partial charge in [-0.05, 0) is 38.1 Å². The van der Waals surface area contributed by atoms with Gasteiger partial charge >= 0.3 is 0 Å². The summed E-state index contributed by atoms with van der Waals surface area (Å²) >= 11 is 5.78. The third-order valence-corrected chi connectivity index (χ3v) is 3.69. The predicted octanol–water partition coefficient (Wildman–Crippen LogP) is 3.47. The number of benzene rings is 1. The molecule has 5 heteroatoms. The van der Waals surface area contributed by atoms with Crippen LogP contribution in [0.3, 0.4) is 0 Å². The van der Waals surface area contributed by atoms with Crippen molar-refractivity contribution in [2.45, 2.75) is 32.4 Å². The minimum Gasteiger partial charge on any atom is -0.315 e. The van der Waals surface area contributed by atoms with E-state index in [1.807, 2.05) is 0 Å². The van der Waals surface area contributed by atoms with Crippen molar-refractivity contribution >= 4 is 24.0 Å². The highest BCUT2D eigenvalue weighted by Crippen LogP contribution is 2.19. The van der Waals surface area contributed by atoms with Crippen LogP contribution in [0.15, 0.2) is 18.2 Å². The van der Waals surface area contributed by atoms with Gasteiger partial charge in [0.25, 0.3) is 0 Å². The van der Waals surface area contributed by atoms with E-state index in [1.165, 1.54) is 6.07 Å². The molecule has 0 radical (unpaired) electrons. The molecule has 0 amide bonds. The summed E-state index contributed by atoms with van der Waals surface area (Å²) in [7, 11) is 0. The minimum absolute atomic E-state index is 0. The Morgan fingerprint density at radius 1 is 1.47 bits per heavy atom. The van der Waals surface area contributed by atoms with Gasteiger partial charge in [0.05, 0.1) is 0 Å². The zero-order valence-electron chi connectivity index (χ0n) is 11.2. The summed E-state index contributed by atoms with van der Waals surface area (Å²) in [4.78, 5) is 2.37. The Balaban J connectivity index is 0.00000180. The fraction of sp³-hybridized carbons (Fsp3) is 0.571. The van der Waals surface area contributed by atoms with Crippen LogP contribution in [0.4, 0.5) is 4.39 Å². The molecule has 1 aliphatic heterocycles. The van der Waals surface area contributed by atoms with E-state index in [-0.39, 0.29) is 18.2 Å². The maximum absolute atomic E-state index is 13.8. The second-order valence-corrected chi connectivity index (χ2v) is 5.29. The molecule has 1 aromatic rings. The van der Waals surface area contributed by atoms with Crippen molar-refractivity contribution < 1.29 is 4.39 Å². The number of hydrogen-bond acceptors (Lipinski definition) is 2. The smallest absolute Gasteiger partial charge is 0.129 e. The van der Waals surface area contributed by atoms with Crippen molar-refractivity contribution in [2.75, 3.05) is 19.6 Å². The molecule has 1 fully saturated rings. The van der Waals surface area contributed by atoms with Gasteiger partial charge in [0.1, 0.15) is 5.82 Å². The number of nitrogens with one attached hydrogen (secondary N) is 1. The monoisotopic (exact) mass is 306 g/mol. The van der Waals surface area contributed by atoms with Crippen molar-refractivity contribution in [1.29, 1.82) is 0 Å². The van der Waals surface area contributed by atoms with Gasteiger partial charge in [-0.25, -0.2) is 4.39 Å². The predicted molar refractivity (Wildman–Crippen MR) is 80.6 cm³/mol. The molecule has 0 saturated carbocycles. The molecule has 2 rings (SSSR count). The molecule has 1 aliphatic rings. The van der Waals surface area contributed by atoms with Gasteiger partial charge in [0.15, 0.2) is 0 Å². The minimum atomic E-state index is -0.199. The van der Waals surface area contributed by atoms with Crippen LogP contribution in [0.5, 0.6) is 0 Å². The number of rotatable bonds is 5. The summed E-state index contributed by atoms with van der Waals surface area (Å²) in [5, 5.41) is 3.82. The lowest BCUT2D eigenvalue weighted by Gasteiger charge is -2.28. The molecule has 19 heavy (non-hydrogen) atoms. The van der Waals surface area contributed by atoms with Gasteiger partial charge in [-0.15, -0.1) is 12.4 Å². The second kappa shape index (κ2) is 8.05. The standard InChI is InChI=1S/C14H20ClFN2.ClH/c1-2-7-18(13-5-6-17-9-13)10-11-3-4-12(15)8-14(11)16;/h3-4,8,13,17H,2,5-7,9-10H2,1H3;1H. The van der Waals surface area contributed by atoms with E-state index in [9.17, 15) is 4.39 Å². The van der Waals surface area contributed by atoms with Gasteiger partial charge in [0, 0.05) is 29.7 Å². The van der Waals surface area contributed by atoms with E-state index < -0.39 is 0 Å². The maximum atomic E-state index is 13.8. The molecule has 1 aromatic carbocycles. The lowest BCUT2D eigenvalue weighted by Crippen LogP contribution is -2.37. The lowest BCUT2D eigenvalue weighted by atomic mass is 10.1. The Bertz CT molecular complexity index is 395. The average molecular weight is 307 g/mol. The molecular weight excluding hydrogens is 286 g/mol. The summed E-state index contributed by atoms with van der Waals surface area (Å²) in [5.74, 6) is -0.199. The molecule has 1 saturated heterocycles. The van der Waals surface area contributed by atoms with E-state index in [0.29, 0.717) is 17.6 Å². The quantitative estimate of drug-likeness (QED) is 0.896. The zero-order valence-corrected chi connectivity index (χ0v) is 12.7. The van der Waals surface area contributed by atoms with E-state index in [4.69, 9.17) is 11.6 Å². The number of nitrogens with zero attached hydrogens (tertiary/aromatic N) is 1. The van der Waals surface area contributed by atoms with Crippen LogP contribution in [-0.2, 0) is 6.54 Å². The summed E-state index contributed by atoms with van der Waals surface area (Å²) < 4.78 is 13.8. The third kappa shape index (κ3) is 4.60. The highest BCUT2D eigenvalue weighted by Gasteiger charge is 2.22. The van der Waals surface area contributed by atoms with Crippen molar-refractivity contribution in [2.24, 2.45) is 0 Å². The molecular formula is C14H21Cl2FN2. The summed E-state index contributed by atoms with van der Waals surface area (Å²) in [6.45, 7) is 5.91. The lowest BCUT2D eigenvalue weighted by molar-refractivity contribution is 0.197. The largest absolute Gasteiger partial charge is 0.315 e. The molecule has 0 aliphatic carbocycles. The Morgan fingerprint density at radius 3 is 2.84 bits per heavy atom. The Labute approximate surface area is 125 Å². The SMILES string of the molecule is CCCN(Cc1ccc(Cl)cc1F)C1CCNC1.Cl. The molecule has 1 heterocycles. The van der Waals surface area contributed by atoms with Gasteiger partial charge in [-0.2, -0.15) is 0 Å². The molecule has 2 nitrogen and oxygen atoms in total. The Kier molecular flexibility index (Phi) is 7.08. The normalized spacial score (nSPS) is 18.6. The fourth-order valence-corrected chi connectivity index (χ4v) is 2.66. The highest BCUT2D eigenvalue weighted by atomic mass is 35.5. The molecule has 0 bridgehead atoms. The van der Waals surface area contributed by atoms with Crippen molar-refractivity contribution in [3.8, 4) is 0 Å². The van der Waals surface area contributed by atoms with Crippen LogP contribution in [-0.4, -0.2) is 30.6 Å². The Morgan fingerprint density at radius 2 is 2.26 bits per heavy atom. The molecule has 1 unspecified atom stereocenters. The van der Waals surface area contributed by atoms with E-state index in [0.717, 1.165) is 38.0 Å². The first-order valence-corrected chi connectivity index (χ1v) is 6.97. The van der Waals surface area contributed by atoms with Gasteiger partial charge < -0.3 is 5.32 Å². The first kappa shape index (κ1) is 16.7. The summed E-state index contributed by atoms with van der Waals surface area (Å²) in [6.07, 6.45) is 2.24. The van der Waals surface area contributed by atoms with Crippen molar-refractivity contribution in [3.63, 3.8) is 0 Å². The third-order valence-electron chi connectivity index (χ3n) is 3.45. The Hall–Kier alpha value is -0.350. The second-order valence-electron chi connectivity index (χ2n) is 4.85. The van der Waals surface area contributed by atoms with Gasteiger partial charge in [-0.1, -0.05) is 24.6 Å².